The molecule has 0 saturated heterocycles. The van der Waals surface area contributed by atoms with Crippen LogP contribution in [0.25, 0.3) is 0 Å². The summed E-state index contributed by atoms with van der Waals surface area (Å²) in [4.78, 5) is 21.9. The molecule has 0 saturated carbocycles. The number of ether oxygens (including phenoxy) is 2. The third kappa shape index (κ3) is 2.98. The van der Waals surface area contributed by atoms with Crippen molar-refractivity contribution in [1.82, 2.24) is 0 Å². The van der Waals surface area contributed by atoms with Gasteiger partial charge in [0.1, 0.15) is 5.75 Å². The fourth-order valence-electron chi connectivity index (χ4n) is 1.29. The van der Waals surface area contributed by atoms with E-state index in [1.54, 1.807) is 6.07 Å². The van der Waals surface area contributed by atoms with Crippen molar-refractivity contribution >= 4 is 11.9 Å². The van der Waals surface area contributed by atoms with Gasteiger partial charge in [-0.1, -0.05) is 0 Å². The summed E-state index contributed by atoms with van der Waals surface area (Å²) in [5, 5.41) is 8.66. The lowest BCUT2D eigenvalue weighted by molar-refractivity contribution is -0.136. The number of rotatable bonds is 4. The molecule has 0 fully saturated rings. The highest BCUT2D eigenvalue weighted by molar-refractivity contribution is 5.90. The van der Waals surface area contributed by atoms with Gasteiger partial charge in [-0.05, 0) is 23.8 Å². The molecular formula is C11H12O5. The van der Waals surface area contributed by atoms with Crippen LogP contribution >= 0.6 is 0 Å². The summed E-state index contributed by atoms with van der Waals surface area (Å²) in [6.45, 7) is 0. The van der Waals surface area contributed by atoms with E-state index in [9.17, 15) is 9.59 Å². The third-order valence-electron chi connectivity index (χ3n) is 1.98. The number of esters is 1. The predicted molar refractivity (Wildman–Crippen MR) is 55.7 cm³/mol. The van der Waals surface area contributed by atoms with Crippen LogP contribution in [0.1, 0.15) is 15.9 Å². The second-order valence-corrected chi connectivity index (χ2v) is 3.13. The molecule has 5 nitrogen and oxygen atoms in total. The summed E-state index contributed by atoms with van der Waals surface area (Å²) >= 11 is 0. The molecule has 1 aromatic rings. The molecule has 1 aromatic carbocycles. The van der Waals surface area contributed by atoms with Gasteiger partial charge in [-0.2, -0.15) is 0 Å². The van der Waals surface area contributed by atoms with E-state index in [1.807, 2.05) is 0 Å². The van der Waals surface area contributed by atoms with Gasteiger partial charge in [0, 0.05) is 0 Å². The second kappa shape index (κ2) is 5.16. The lowest BCUT2D eigenvalue weighted by Crippen LogP contribution is -2.05. The largest absolute Gasteiger partial charge is 0.497 e. The first kappa shape index (κ1) is 12.0. The minimum atomic E-state index is -0.968. The van der Waals surface area contributed by atoms with Gasteiger partial charge in [0.15, 0.2) is 0 Å². The summed E-state index contributed by atoms with van der Waals surface area (Å²) in [7, 11) is 2.71. The smallest absolute Gasteiger partial charge is 0.337 e. The Bertz CT molecular complexity index is 411. The zero-order valence-corrected chi connectivity index (χ0v) is 9.02. The summed E-state index contributed by atoms with van der Waals surface area (Å²) < 4.78 is 9.52. The Morgan fingerprint density at radius 3 is 2.44 bits per heavy atom. The first-order chi connectivity index (χ1) is 7.56. The molecule has 0 radical (unpaired) electrons. The quantitative estimate of drug-likeness (QED) is 0.775. The van der Waals surface area contributed by atoms with Crippen LogP contribution in [0.2, 0.25) is 0 Å². The molecule has 0 aliphatic carbocycles. The molecule has 0 atom stereocenters. The Morgan fingerprint density at radius 1 is 1.25 bits per heavy atom. The van der Waals surface area contributed by atoms with Crippen LogP contribution in [0, 0.1) is 0 Å². The Morgan fingerprint density at radius 2 is 1.94 bits per heavy atom. The van der Waals surface area contributed by atoms with Crippen molar-refractivity contribution in [2.24, 2.45) is 0 Å². The van der Waals surface area contributed by atoms with Crippen LogP contribution in [0.5, 0.6) is 5.75 Å². The van der Waals surface area contributed by atoms with E-state index in [-0.39, 0.29) is 12.0 Å². The van der Waals surface area contributed by atoms with Crippen LogP contribution in [0.4, 0.5) is 0 Å². The molecule has 0 unspecified atom stereocenters. The molecule has 5 heteroatoms. The van der Waals surface area contributed by atoms with Crippen LogP contribution in [0.15, 0.2) is 18.2 Å². The van der Waals surface area contributed by atoms with Crippen LogP contribution in [0.3, 0.4) is 0 Å². The van der Waals surface area contributed by atoms with E-state index in [4.69, 9.17) is 9.84 Å². The van der Waals surface area contributed by atoms with E-state index in [1.165, 1.54) is 26.4 Å². The van der Waals surface area contributed by atoms with E-state index in [0.29, 0.717) is 11.3 Å². The normalized spacial score (nSPS) is 9.62. The van der Waals surface area contributed by atoms with E-state index in [0.717, 1.165) is 0 Å². The molecular weight excluding hydrogens is 212 g/mol. The van der Waals surface area contributed by atoms with Crippen LogP contribution < -0.4 is 4.74 Å². The molecule has 1 N–H and O–H groups in total. The number of carbonyl (C=O) groups excluding carboxylic acids is 1. The lowest BCUT2D eigenvalue weighted by Gasteiger charge is -2.06. The topological polar surface area (TPSA) is 72.8 Å². The zero-order valence-electron chi connectivity index (χ0n) is 9.02. The Labute approximate surface area is 92.6 Å². The SMILES string of the molecule is COC(=O)c1cc(CC(=O)O)cc(OC)c1. The maximum absolute atomic E-state index is 11.3. The summed E-state index contributed by atoms with van der Waals surface area (Å²) in [6, 6.07) is 4.54. The second-order valence-electron chi connectivity index (χ2n) is 3.13. The average Bonchev–Trinajstić information content (AvgIpc) is 2.26. The monoisotopic (exact) mass is 224 g/mol. The van der Waals surface area contributed by atoms with Crippen LogP contribution in [-0.2, 0) is 16.0 Å². The minimum Gasteiger partial charge on any atom is -0.497 e. The number of carbonyl (C=O) groups is 2. The number of carboxylic acids is 1. The fourth-order valence-corrected chi connectivity index (χ4v) is 1.29. The summed E-state index contributed by atoms with van der Waals surface area (Å²) in [5.41, 5.74) is 0.769. The number of methoxy groups -OCH3 is 2. The highest BCUT2D eigenvalue weighted by atomic mass is 16.5. The molecule has 0 aromatic heterocycles. The van der Waals surface area contributed by atoms with Gasteiger partial charge in [-0.15, -0.1) is 0 Å². The van der Waals surface area contributed by atoms with Gasteiger partial charge in [0.2, 0.25) is 0 Å². The number of hydrogen-bond acceptors (Lipinski definition) is 4. The highest BCUT2D eigenvalue weighted by Gasteiger charge is 2.10. The fraction of sp³-hybridized carbons (Fsp3) is 0.273. The van der Waals surface area contributed by atoms with Crippen molar-refractivity contribution in [2.45, 2.75) is 6.42 Å². The Hall–Kier alpha value is -2.04. The Kier molecular flexibility index (Phi) is 3.88. The van der Waals surface area contributed by atoms with Crippen molar-refractivity contribution < 1.29 is 24.2 Å². The summed E-state index contributed by atoms with van der Waals surface area (Å²) in [6.07, 6.45) is -0.165. The maximum Gasteiger partial charge on any atom is 0.337 e. The molecule has 0 spiro atoms. The molecule has 0 amide bonds. The van der Waals surface area contributed by atoms with Gasteiger partial charge in [-0.25, -0.2) is 4.79 Å². The Balaban J connectivity index is 3.10. The van der Waals surface area contributed by atoms with E-state index in [2.05, 4.69) is 4.74 Å². The first-order valence-corrected chi connectivity index (χ1v) is 4.55. The molecule has 16 heavy (non-hydrogen) atoms. The van der Waals surface area contributed by atoms with E-state index < -0.39 is 11.9 Å². The molecule has 0 bridgehead atoms. The lowest BCUT2D eigenvalue weighted by atomic mass is 10.1. The van der Waals surface area contributed by atoms with Gasteiger partial charge in [0.05, 0.1) is 26.2 Å². The third-order valence-corrected chi connectivity index (χ3v) is 1.98. The van der Waals surface area contributed by atoms with E-state index >= 15 is 0 Å². The number of aliphatic carboxylic acids is 1. The maximum atomic E-state index is 11.3. The van der Waals surface area contributed by atoms with Crippen LogP contribution in [-0.4, -0.2) is 31.3 Å². The van der Waals surface area contributed by atoms with Gasteiger partial charge < -0.3 is 14.6 Å². The molecule has 0 heterocycles. The molecule has 1 rings (SSSR count). The van der Waals surface area contributed by atoms with Gasteiger partial charge >= 0.3 is 11.9 Å². The zero-order chi connectivity index (χ0) is 12.1. The van der Waals surface area contributed by atoms with Gasteiger partial charge in [-0.3, -0.25) is 4.79 Å². The summed E-state index contributed by atoms with van der Waals surface area (Å²) in [5.74, 6) is -1.06. The average molecular weight is 224 g/mol. The van der Waals surface area contributed by atoms with Crippen molar-refractivity contribution in [3.63, 3.8) is 0 Å². The molecule has 86 valence electrons. The standard InChI is InChI=1S/C11H12O5/c1-15-9-4-7(5-10(12)13)3-8(6-9)11(14)16-2/h3-4,6H,5H2,1-2H3,(H,12,13). The molecule has 0 aliphatic rings. The number of hydrogen-bond donors (Lipinski definition) is 1. The minimum absolute atomic E-state index is 0.165. The van der Waals surface area contributed by atoms with Gasteiger partial charge in [0.25, 0.3) is 0 Å². The van der Waals surface area contributed by atoms with Crippen molar-refractivity contribution in [1.29, 1.82) is 0 Å². The molecule has 0 aliphatic heterocycles. The van der Waals surface area contributed by atoms with Crippen molar-refractivity contribution in [3.8, 4) is 5.75 Å². The first-order valence-electron chi connectivity index (χ1n) is 4.55. The predicted octanol–water partition coefficient (Wildman–Crippen LogP) is 1.11. The number of carboxylic acid groups (broad SMARTS) is 1. The highest BCUT2D eigenvalue weighted by Crippen LogP contribution is 2.18. The number of benzene rings is 1. The van der Waals surface area contributed by atoms with Crippen molar-refractivity contribution in [3.05, 3.63) is 29.3 Å². The van der Waals surface area contributed by atoms with Crippen molar-refractivity contribution in [2.75, 3.05) is 14.2 Å².